The van der Waals surface area contributed by atoms with Gasteiger partial charge in [-0.15, -0.1) is 11.3 Å². The van der Waals surface area contributed by atoms with Crippen LogP contribution in [0.3, 0.4) is 0 Å². The summed E-state index contributed by atoms with van der Waals surface area (Å²) in [5.41, 5.74) is 2.07. The number of pyridine rings is 1. The normalized spacial score (nSPS) is 18.7. The van der Waals surface area contributed by atoms with Gasteiger partial charge in [0.2, 0.25) is 0 Å². The van der Waals surface area contributed by atoms with Crippen LogP contribution >= 0.6 is 22.9 Å². The Morgan fingerprint density at radius 3 is 2.60 bits per heavy atom. The second kappa shape index (κ2) is 11.3. The number of ether oxygens (including phenoxy) is 4. The number of aromatic nitrogens is 2. The second-order valence-electron chi connectivity index (χ2n) is 9.09. The van der Waals surface area contributed by atoms with E-state index in [1.165, 1.54) is 0 Å². The third-order valence-electron chi connectivity index (χ3n) is 6.07. The average molecular weight is 521 g/mol. The number of anilines is 1. The second-order valence-corrected chi connectivity index (χ2v) is 10.3. The van der Waals surface area contributed by atoms with Crippen molar-refractivity contribution >= 4 is 39.0 Å². The number of hydrogen-bond acceptors (Lipinski definition) is 9. The lowest BCUT2D eigenvalue weighted by atomic mass is 10.1. The molecule has 2 aromatic heterocycles. The lowest BCUT2D eigenvalue weighted by Gasteiger charge is -2.18. The summed E-state index contributed by atoms with van der Waals surface area (Å²) < 4.78 is 22.9. The summed E-state index contributed by atoms with van der Waals surface area (Å²) in [6.45, 7) is 7.44. The lowest BCUT2D eigenvalue weighted by molar-refractivity contribution is -0.121. The third-order valence-corrected chi connectivity index (χ3v) is 7.21. The zero-order valence-electron chi connectivity index (χ0n) is 21.0. The van der Waals surface area contributed by atoms with Crippen LogP contribution in [-0.2, 0) is 9.47 Å². The Morgan fingerprint density at radius 2 is 1.94 bits per heavy atom. The molecular formula is C25H33ClN4O4S. The highest BCUT2D eigenvalue weighted by Gasteiger charge is 2.28. The van der Waals surface area contributed by atoms with Crippen LogP contribution in [0.25, 0.3) is 22.3 Å². The van der Waals surface area contributed by atoms with E-state index in [9.17, 15) is 0 Å². The van der Waals surface area contributed by atoms with Crippen molar-refractivity contribution in [3.05, 3.63) is 28.6 Å². The van der Waals surface area contributed by atoms with E-state index in [4.69, 9.17) is 40.5 Å². The number of hydrogen-bond donors (Lipinski definition) is 1. The number of nitrogens with one attached hydrogen (secondary N) is 1. The van der Waals surface area contributed by atoms with Crippen molar-refractivity contribution in [1.29, 1.82) is 0 Å². The number of benzene rings is 1. The number of thiazole rings is 1. The molecule has 0 aliphatic carbocycles. The molecule has 190 valence electrons. The molecule has 0 spiro atoms. The number of rotatable bonds is 10. The highest BCUT2D eigenvalue weighted by Crippen LogP contribution is 2.39. The molecule has 1 N–H and O–H groups in total. The molecule has 4 rings (SSSR count). The Bertz CT molecular complexity index is 1140. The lowest BCUT2D eigenvalue weighted by Crippen LogP contribution is -2.23. The first-order chi connectivity index (χ1) is 16.8. The fraction of sp³-hybridized carbons (Fsp3) is 0.520. The molecule has 35 heavy (non-hydrogen) atoms. The smallest absolute Gasteiger partial charge is 0.191 e. The Labute approximate surface area is 215 Å². The van der Waals surface area contributed by atoms with Gasteiger partial charge in [0, 0.05) is 56.1 Å². The van der Waals surface area contributed by atoms with E-state index in [1.807, 2.05) is 23.6 Å². The van der Waals surface area contributed by atoms with E-state index >= 15 is 0 Å². The molecular weight excluding hydrogens is 488 g/mol. The van der Waals surface area contributed by atoms with Crippen molar-refractivity contribution in [2.45, 2.75) is 51.7 Å². The quantitative estimate of drug-likeness (QED) is 0.361. The van der Waals surface area contributed by atoms with Crippen molar-refractivity contribution < 1.29 is 18.9 Å². The monoisotopic (exact) mass is 520 g/mol. The van der Waals surface area contributed by atoms with Crippen molar-refractivity contribution in [2.24, 2.45) is 0 Å². The average Bonchev–Trinajstić information content (AvgIpc) is 3.41. The summed E-state index contributed by atoms with van der Waals surface area (Å²) in [6, 6.07) is 6.48. The number of nitrogens with zero attached hydrogens (tertiary/aromatic N) is 3. The van der Waals surface area contributed by atoms with Crippen LogP contribution in [0.15, 0.2) is 23.6 Å². The first-order valence-corrected chi connectivity index (χ1v) is 13.0. The molecule has 3 aromatic rings. The predicted molar refractivity (Wildman–Crippen MR) is 141 cm³/mol. The zero-order chi connectivity index (χ0) is 25.1. The van der Waals surface area contributed by atoms with Gasteiger partial charge in [-0.3, -0.25) is 4.90 Å². The number of likely N-dealkylation sites (N-methyl/N-ethyl adjacent to an activating group) is 1. The van der Waals surface area contributed by atoms with E-state index in [-0.39, 0.29) is 18.8 Å². The molecule has 1 aliphatic rings. The van der Waals surface area contributed by atoms with Crippen LogP contribution in [0, 0.1) is 0 Å². The molecule has 1 fully saturated rings. The molecule has 0 radical (unpaired) electrons. The van der Waals surface area contributed by atoms with Gasteiger partial charge in [-0.25, -0.2) is 9.97 Å². The topological polar surface area (TPSA) is 78.0 Å². The molecule has 8 nitrogen and oxygen atoms in total. The van der Waals surface area contributed by atoms with E-state index in [2.05, 4.69) is 38.0 Å². The zero-order valence-corrected chi connectivity index (χ0v) is 22.6. The highest BCUT2D eigenvalue weighted by atomic mass is 35.5. The molecule has 0 bridgehead atoms. The molecule has 10 heteroatoms. The maximum Gasteiger partial charge on any atom is 0.191 e. The van der Waals surface area contributed by atoms with Crippen molar-refractivity contribution in [2.75, 3.05) is 39.7 Å². The fourth-order valence-corrected chi connectivity index (χ4v) is 5.16. The van der Waals surface area contributed by atoms with Crippen LogP contribution < -0.4 is 14.8 Å². The van der Waals surface area contributed by atoms with Crippen LogP contribution in [-0.4, -0.2) is 73.8 Å². The van der Waals surface area contributed by atoms with E-state index in [0.29, 0.717) is 28.0 Å². The molecule has 1 unspecified atom stereocenters. The minimum absolute atomic E-state index is 0.0842. The summed E-state index contributed by atoms with van der Waals surface area (Å²) in [6.07, 6.45) is 0.545. The van der Waals surface area contributed by atoms with Crippen molar-refractivity contribution in [3.63, 3.8) is 0 Å². The first kappa shape index (κ1) is 25.9. The van der Waals surface area contributed by atoms with Gasteiger partial charge in [0.1, 0.15) is 34.9 Å². The molecule has 1 saturated heterocycles. The van der Waals surface area contributed by atoms with Gasteiger partial charge >= 0.3 is 0 Å². The number of fused-ring (bicyclic) bond motifs is 1. The predicted octanol–water partition coefficient (Wildman–Crippen LogP) is 5.30. The SMILES string of the molecule is COC(COc1ccc2c(O[C@@H]3CC(C)N(C)C3)cc(-c3csc(NC(C)C)n3)nc2c1Cl)OC. The fourth-order valence-electron chi connectivity index (χ4n) is 4.04. The highest BCUT2D eigenvalue weighted by molar-refractivity contribution is 7.14. The van der Waals surface area contributed by atoms with Gasteiger partial charge in [0.15, 0.2) is 11.4 Å². The number of halogens is 1. The van der Waals surface area contributed by atoms with Crippen molar-refractivity contribution in [1.82, 2.24) is 14.9 Å². The summed E-state index contributed by atoms with van der Waals surface area (Å²) in [5, 5.41) is 7.43. The van der Waals surface area contributed by atoms with Gasteiger partial charge in [-0.1, -0.05) is 11.6 Å². The minimum atomic E-state index is -0.497. The maximum atomic E-state index is 6.82. The summed E-state index contributed by atoms with van der Waals surface area (Å²) in [7, 11) is 5.25. The van der Waals surface area contributed by atoms with Gasteiger partial charge in [-0.2, -0.15) is 0 Å². The molecule has 2 atom stereocenters. The standard InChI is InChI=1S/C25H33ClN4O4S/c1-14(2)27-25-29-19(13-35-25)18-10-21(34-16-9-15(3)30(4)11-16)17-7-8-20(23(26)24(17)28-18)33-12-22(31-5)32-6/h7-8,10,13-16,22H,9,11-12H2,1-6H3,(H,27,29)/t15?,16-/m1/s1. The Kier molecular flexibility index (Phi) is 8.34. The van der Waals surface area contributed by atoms with Crippen LogP contribution in [0.4, 0.5) is 5.13 Å². The Hall–Kier alpha value is -2.17. The van der Waals surface area contributed by atoms with Gasteiger partial charge < -0.3 is 24.3 Å². The van der Waals surface area contributed by atoms with Crippen LogP contribution in [0.5, 0.6) is 11.5 Å². The molecule has 1 aliphatic heterocycles. The number of likely N-dealkylation sites (tertiary alicyclic amines) is 1. The van der Waals surface area contributed by atoms with Gasteiger partial charge in [-0.05, 0) is 40.0 Å². The summed E-state index contributed by atoms with van der Waals surface area (Å²) >= 11 is 8.36. The summed E-state index contributed by atoms with van der Waals surface area (Å²) in [5.74, 6) is 1.24. The molecule has 0 saturated carbocycles. The van der Waals surface area contributed by atoms with E-state index < -0.39 is 6.29 Å². The maximum absolute atomic E-state index is 6.82. The van der Waals surface area contributed by atoms with Crippen LogP contribution in [0.2, 0.25) is 5.02 Å². The van der Waals surface area contributed by atoms with Crippen molar-refractivity contribution in [3.8, 4) is 22.9 Å². The summed E-state index contributed by atoms with van der Waals surface area (Å²) in [4.78, 5) is 11.9. The number of methoxy groups -OCH3 is 2. The van der Waals surface area contributed by atoms with Gasteiger partial charge in [0.25, 0.3) is 0 Å². The van der Waals surface area contributed by atoms with E-state index in [0.717, 1.165) is 34.9 Å². The Balaban J connectivity index is 1.73. The minimum Gasteiger partial charge on any atom is -0.488 e. The van der Waals surface area contributed by atoms with E-state index in [1.54, 1.807) is 25.6 Å². The van der Waals surface area contributed by atoms with Crippen LogP contribution in [0.1, 0.15) is 27.2 Å². The molecule has 1 aromatic carbocycles. The molecule has 0 amide bonds. The first-order valence-electron chi connectivity index (χ1n) is 11.7. The molecule has 3 heterocycles. The third kappa shape index (κ3) is 5.98. The van der Waals surface area contributed by atoms with Gasteiger partial charge in [0.05, 0.1) is 11.2 Å². The Morgan fingerprint density at radius 1 is 1.17 bits per heavy atom. The largest absolute Gasteiger partial charge is 0.488 e.